The molecule has 0 spiro atoms. The SMILES string of the molecule is COc1cc(Cl)c(C)cc1NC(=O)CN1CCCC(C(C)O)C1. The number of hydrogen-bond acceptors (Lipinski definition) is 4. The molecule has 0 saturated carbocycles. The highest BCUT2D eigenvalue weighted by Gasteiger charge is 2.24. The van der Waals surface area contributed by atoms with Gasteiger partial charge < -0.3 is 15.2 Å². The van der Waals surface area contributed by atoms with Crippen molar-refractivity contribution in [2.75, 3.05) is 32.1 Å². The van der Waals surface area contributed by atoms with E-state index in [-0.39, 0.29) is 17.9 Å². The number of carbonyl (C=O) groups excluding carboxylic acids is 1. The number of hydrogen-bond donors (Lipinski definition) is 2. The fourth-order valence-corrected chi connectivity index (χ4v) is 3.10. The highest BCUT2D eigenvalue weighted by molar-refractivity contribution is 6.31. The van der Waals surface area contributed by atoms with Crippen LogP contribution in [0.4, 0.5) is 5.69 Å². The minimum Gasteiger partial charge on any atom is -0.495 e. The van der Waals surface area contributed by atoms with Gasteiger partial charge in [0.25, 0.3) is 0 Å². The minimum absolute atomic E-state index is 0.0868. The first kappa shape index (κ1) is 18.0. The quantitative estimate of drug-likeness (QED) is 0.865. The Morgan fingerprint density at radius 3 is 2.96 bits per heavy atom. The third-order valence-electron chi connectivity index (χ3n) is 4.35. The van der Waals surface area contributed by atoms with Crippen LogP contribution in [-0.2, 0) is 4.79 Å². The molecule has 23 heavy (non-hydrogen) atoms. The number of anilines is 1. The number of piperidine rings is 1. The zero-order valence-electron chi connectivity index (χ0n) is 13.9. The number of aliphatic hydroxyl groups is 1. The first-order chi connectivity index (χ1) is 10.9. The molecule has 5 nitrogen and oxygen atoms in total. The first-order valence-electron chi connectivity index (χ1n) is 7.95. The summed E-state index contributed by atoms with van der Waals surface area (Å²) in [6.45, 7) is 5.65. The molecule has 0 bridgehead atoms. The maximum absolute atomic E-state index is 12.3. The van der Waals surface area contributed by atoms with Crippen LogP contribution in [0.3, 0.4) is 0 Å². The molecule has 2 N–H and O–H groups in total. The molecule has 2 rings (SSSR count). The Bertz CT molecular complexity index is 563. The zero-order chi connectivity index (χ0) is 17.0. The number of halogens is 1. The molecular weight excluding hydrogens is 316 g/mol. The van der Waals surface area contributed by atoms with Gasteiger partial charge in [-0.3, -0.25) is 9.69 Å². The number of aryl methyl sites for hydroxylation is 1. The second-order valence-electron chi connectivity index (χ2n) is 6.23. The highest BCUT2D eigenvalue weighted by atomic mass is 35.5. The lowest BCUT2D eigenvalue weighted by atomic mass is 9.93. The Balaban J connectivity index is 1.98. The van der Waals surface area contributed by atoms with Gasteiger partial charge in [-0.05, 0) is 50.8 Å². The van der Waals surface area contributed by atoms with Crippen molar-refractivity contribution in [3.63, 3.8) is 0 Å². The summed E-state index contributed by atoms with van der Waals surface area (Å²) in [6.07, 6.45) is 1.69. The number of likely N-dealkylation sites (tertiary alicyclic amines) is 1. The van der Waals surface area contributed by atoms with Crippen LogP contribution in [0.15, 0.2) is 12.1 Å². The number of rotatable bonds is 5. The van der Waals surface area contributed by atoms with E-state index in [9.17, 15) is 9.90 Å². The topological polar surface area (TPSA) is 61.8 Å². The third kappa shape index (κ3) is 4.83. The fourth-order valence-electron chi connectivity index (χ4n) is 2.95. The number of methoxy groups -OCH3 is 1. The Labute approximate surface area is 142 Å². The second-order valence-corrected chi connectivity index (χ2v) is 6.64. The Morgan fingerprint density at radius 1 is 1.57 bits per heavy atom. The Kier molecular flexibility index (Phi) is 6.27. The van der Waals surface area contributed by atoms with Crippen molar-refractivity contribution >= 4 is 23.2 Å². The molecule has 0 aromatic heterocycles. The van der Waals surface area contributed by atoms with Gasteiger partial charge in [0.2, 0.25) is 5.91 Å². The fraction of sp³-hybridized carbons (Fsp3) is 0.588. The predicted octanol–water partition coefficient (Wildman–Crippen LogP) is 2.69. The van der Waals surface area contributed by atoms with Gasteiger partial charge in [0.1, 0.15) is 5.75 Å². The van der Waals surface area contributed by atoms with Gasteiger partial charge in [-0.15, -0.1) is 0 Å². The average Bonchev–Trinajstić information content (AvgIpc) is 2.50. The van der Waals surface area contributed by atoms with Crippen molar-refractivity contribution in [1.82, 2.24) is 4.90 Å². The second kappa shape index (κ2) is 7.99. The summed E-state index contributed by atoms with van der Waals surface area (Å²) in [5.41, 5.74) is 1.51. The summed E-state index contributed by atoms with van der Waals surface area (Å²) >= 11 is 6.08. The minimum atomic E-state index is -0.333. The largest absolute Gasteiger partial charge is 0.495 e. The van der Waals surface area contributed by atoms with Crippen LogP contribution in [0, 0.1) is 12.8 Å². The van der Waals surface area contributed by atoms with Gasteiger partial charge in [-0.1, -0.05) is 11.6 Å². The van der Waals surface area contributed by atoms with Crippen LogP contribution in [0.5, 0.6) is 5.75 Å². The van der Waals surface area contributed by atoms with Crippen molar-refractivity contribution in [3.05, 3.63) is 22.7 Å². The number of nitrogens with zero attached hydrogens (tertiary/aromatic N) is 1. The van der Waals surface area contributed by atoms with Crippen LogP contribution >= 0.6 is 11.6 Å². The average molecular weight is 341 g/mol. The summed E-state index contributed by atoms with van der Waals surface area (Å²) < 4.78 is 5.27. The molecule has 1 aliphatic rings. The smallest absolute Gasteiger partial charge is 0.238 e. The van der Waals surface area contributed by atoms with Crippen molar-refractivity contribution in [2.24, 2.45) is 5.92 Å². The molecule has 0 aliphatic carbocycles. The van der Waals surface area contributed by atoms with Crippen LogP contribution in [-0.4, -0.2) is 48.8 Å². The van der Waals surface area contributed by atoms with E-state index in [1.165, 1.54) is 0 Å². The molecule has 0 radical (unpaired) electrons. The first-order valence-corrected chi connectivity index (χ1v) is 8.33. The van der Waals surface area contributed by atoms with Crippen molar-refractivity contribution < 1.29 is 14.6 Å². The van der Waals surface area contributed by atoms with Crippen LogP contribution in [0.1, 0.15) is 25.3 Å². The lowest BCUT2D eigenvalue weighted by molar-refractivity contribution is -0.118. The molecule has 1 aromatic rings. The van der Waals surface area contributed by atoms with E-state index in [1.807, 2.05) is 19.9 Å². The van der Waals surface area contributed by atoms with Gasteiger partial charge >= 0.3 is 0 Å². The molecule has 2 atom stereocenters. The molecule has 1 amide bonds. The summed E-state index contributed by atoms with van der Waals surface area (Å²) in [4.78, 5) is 14.4. The van der Waals surface area contributed by atoms with E-state index in [0.717, 1.165) is 31.5 Å². The van der Waals surface area contributed by atoms with Crippen LogP contribution < -0.4 is 10.1 Å². The van der Waals surface area contributed by atoms with Crippen molar-refractivity contribution in [3.8, 4) is 5.75 Å². The number of amides is 1. The zero-order valence-corrected chi connectivity index (χ0v) is 14.7. The summed E-state index contributed by atoms with van der Waals surface area (Å²) in [5, 5.41) is 13.2. The van der Waals surface area contributed by atoms with Crippen LogP contribution in [0.2, 0.25) is 5.02 Å². The van der Waals surface area contributed by atoms with Gasteiger partial charge in [0.15, 0.2) is 0 Å². The predicted molar refractivity (Wildman–Crippen MR) is 92.2 cm³/mol. The van der Waals surface area contributed by atoms with Gasteiger partial charge in [0, 0.05) is 17.6 Å². The molecular formula is C17H25ClN2O3. The number of aliphatic hydroxyl groups excluding tert-OH is 1. The molecule has 1 aliphatic heterocycles. The molecule has 6 heteroatoms. The molecule has 1 heterocycles. The monoisotopic (exact) mass is 340 g/mol. The highest BCUT2D eigenvalue weighted by Crippen LogP contribution is 2.31. The Morgan fingerprint density at radius 2 is 2.30 bits per heavy atom. The normalized spacial score (nSPS) is 20.1. The molecule has 128 valence electrons. The maximum Gasteiger partial charge on any atom is 0.238 e. The van der Waals surface area contributed by atoms with Crippen molar-refractivity contribution in [1.29, 1.82) is 0 Å². The standard InChI is InChI=1S/C17H25ClN2O3/c1-11-7-15(16(23-3)8-14(11)18)19-17(22)10-20-6-4-5-13(9-20)12(2)21/h7-8,12-13,21H,4-6,9-10H2,1-3H3,(H,19,22). The lowest BCUT2D eigenvalue weighted by Crippen LogP contribution is -2.43. The van der Waals surface area contributed by atoms with E-state index in [4.69, 9.17) is 16.3 Å². The van der Waals surface area contributed by atoms with Gasteiger partial charge in [0.05, 0.1) is 25.4 Å². The van der Waals surface area contributed by atoms with E-state index in [1.54, 1.807) is 13.2 Å². The maximum atomic E-state index is 12.3. The van der Waals surface area contributed by atoms with E-state index in [2.05, 4.69) is 10.2 Å². The van der Waals surface area contributed by atoms with Crippen molar-refractivity contribution in [2.45, 2.75) is 32.8 Å². The molecule has 1 saturated heterocycles. The lowest BCUT2D eigenvalue weighted by Gasteiger charge is -2.33. The van der Waals surface area contributed by atoms with Gasteiger partial charge in [-0.2, -0.15) is 0 Å². The molecule has 1 aromatic carbocycles. The van der Waals surface area contributed by atoms with E-state index >= 15 is 0 Å². The van der Waals surface area contributed by atoms with Gasteiger partial charge in [-0.25, -0.2) is 0 Å². The third-order valence-corrected chi connectivity index (χ3v) is 4.75. The summed E-state index contributed by atoms with van der Waals surface area (Å²) in [6, 6.07) is 3.52. The Hall–Kier alpha value is -1.30. The van der Waals surface area contributed by atoms with E-state index in [0.29, 0.717) is 23.0 Å². The molecule has 1 fully saturated rings. The number of benzene rings is 1. The number of carbonyl (C=O) groups is 1. The number of nitrogens with one attached hydrogen (secondary N) is 1. The number of ether oxygens (including phenoxy) is 1. The summed E-state index contributed by atoms with van der Waals surface area (Å²) in [7, 11) is 1.55. The van der Waals surface area contributed by atoms with E-state index < -0.39 is 0 Å². The summed E-state index contributed by atoms with van der Waals surface area (Å²) in [5.74, 6) is 0.703. The van der Waals surface area contributed by atoms with Crippen LogP contribution in [0.25, 0.3) is 0 Å². The molecule has 2 unspecified atom stereocenters.